The van der Waals surface area contributed by atoms with Gasteiger partial charge in [0.25, 0.3) is 0 Å². The van der Waals surface area contributed by atoms with Gasteiger partial charge in [0.15, 0.2) is 0 Å². The predicted octanol–water partition coefficient (Wildman–Crippen LogP) is 2.24. The number of benzene rings is 2. The Morgan fingerprint density at radius 1 is 1.00 bits per heavy atom. The topological polar surface area (TPSA) is 83.8 Å². The lowest BCUT2D eigenvalue weighted by Gasteiger charge is -2.09. The molecular formula is C15H12O5. The van der Waals surface area contributed by atoms with Gasteiger partial charge in [0.1, 0.15) is 17.1 Å². The molecule has 102 valence electrons. The smallest absolute Gasteiger partial charge is 0.347 e. The van der Waals surface area contributed by atoms with E-state index in [4.69, 9.17) is 9.84 Å². The third-order valence-corrected chi connectivity index (χ3v) is 2.64. The molecule has 0 aliphatic rings. The summed E-state index contributed by atoms with van der Waals surface area (Å²) in [5.41, 5.74) is 0.418. The first kappa shape index (κ1) is 13.6. The Hall–Kier alpha value is -2.82. The normalized spacial score (nSPS) is 10.0. The van der Waals surface area contributed by atoms with Gasteiger partial charge in [-0.1, -0.05) is 30.3 Å². The van der Waals surface area contributed by atoms with Crippen molar-refractivity contribution in [3.63, 3.8) is 0 Å². The zero-order valence-electron chi connectivity index (χ0n) is 10.4. The van der Waals surface area contributed by atoms with Crippen LogP contribution in [0.2, 0.25) is 0 Å². The van der Waals surface area contributed by atoms with E-state index in [2.05, 4.69) is 0 Å². The highest BCUT2D eigenvalue weighted by Crippen LogP contribution is 2.22. The maximum Gasteiger partial charge on any atom is 0.347 e. The fourth-order valence-electron chi connectivity index (χ4n) is 1.71. The first-order valence-electron chi connectivity index (χ1n) is 5.88. The number of carbonyl (C=O) groups excluding carboxylic acids is 1. The molecule has 0 heterocycles. The summed E-state index contributed by atoms with van der Waals surface area (Å²) >= 11 is 0. The van der Waals surface area contributed by atoms with Crippen molar-refractivity contribution in [2.24, 2.45) is 0 Å². The van der Waals surface area contributed by atoms with Crippen LogP contribution in [0.5, 0.6) is 11.5 Å². The van der Waals surface area contributed by atoms with Crippen molar-refractivity contribution in [2.45, 2.75) is 6.42 Å². The second kappa shape index (κ2) is 5.88. The lowest BCUT2D eigenvalue weighted by molar-refractivity contribution is -0.136. The van der Waals surface area contributed by atoms with E-state index in [0.29, 0.717) is 5.56 Å². The third-order valence-electron chi connectivity index (χ3n) is 2.64. The molecule has 0 saturated heterocycles. The molecule has 0 saturated carbocycles. The molecule has 0 aliphatic heterocycles. The number of para-hydroxylation sites is 2. The number of phenolic OH excluding ortho intramolecular Hbond substituents is 1. The van der Waals surface area contributed by atoms with Gasteiger partial charge in [-0.15, -0.1) is 0 Å². The minimum Gasteiger partial charge on any atom is -0.507 e. The Morgan fingerprint density at radius 3 is 2.35 bits per heavy atom. The highest BCUT2D eigenvalue weighted by atomic mass is 16.5. The number of carboxylic acid groups (broad SMARTS) is 1. The maximum atomic E-state index is 11.9. The lowest BCUT2D eigenvalue weighted by atomic mass is 10.1. The van der Waals surface area contributed by atoms with E-state index in [1.807, 2.05) is 0 Å². The third kappa shape index (κ3) is 3.14. The van der Waals surface area contributed by atoms with Crippen LogP contribution in [0.15, 0.2) is 48.5 Å². The molecule has 0 amide bonds. The predicted molar refractivity (Wildman–Crippen MR) is 70.8 cm³/mol. The van der Waals surface area contributed by atoms with E-state index in [1.165, 1.54) is 18.2 Å². The van der Waals surface area contributed by atoms with Gasteiger partial charge in [-0.25, -0.2) is 4.79 Å². The highest BCUT2D eigenvalue weighted by Gasteiger charge is 2.15. The summed E-state index contributed by atoms with van der Waals surface area (Å²) in [7, 11) is 0. The van der Waals surface area contributed by atoms with Gasteiger partial charge in [-0.3, -0.25) is 4.79 Å². The Labute approximate surface area is 115 Å². The minimum absolute atomic E-state index is 0.0256. The Kier molecular flexibility index (Phi) is 4.00. The lowest BCUT2D eigenvalue weighted by Crippen LogP contribution is -2.11. The summed E-state index contributed by atoms with van der Waals surface area (Å²) in [4.78, 5) is 22.7. The van der Waals surface area contributed by atoms with Crippen molar-refractivity contribution < 1.29 is 24.5 Å². The number of aromatic hydroxyl groups is 1. The second-order valence-electron chi connectivity index (χ2n) is 4.08. The van der Waals surface area contributed by atoms with Gasteiger partial charge in [0, 0.05) is 5.56 Å². The van der Waals surface area contributed by atoms with E-state index in [9.17, 15) is 14.7 Å². The van der Waals surface area contributed by atoms with Gasteiger partial charge in [0.05, 0.1) is 6.42 Å². The van der Waals surface area contributed by atoms with Gasteiger partial charge in [-0.2, -0.15) is 0 Å². The van der Waals surface area contributed by atoms with Crippen molar-refractivity contribution in [3.05, 3.63) is 59.7 Å². The minimum atomic E-state index is -1.02. The Balaban J connectivity index is 2.24. The van der Waals surface area contributed by atoms with Crippen molar-refractivity contribution in [1.82, 2.24) is 0 Å². The Bertz CT molecular complexity index is 648. The van der Waals surface area contributed by atoms with Crippen LogP contribution in [0.3, 0.4) is 0 Å². The van der Waals surface area contributed by atoms with Gasteiger partial charge < -0.3 is 14.9 Å². The molecule has 2 aromatic rings. The summed E-state index contributed by atoms with van der Waals surface area (Å²) in [6, 6.07) is 12.4. The Morgan fingerprint density at radius 2 is 1.65 bits per heavy atom. The molecule has 0 fully saturated rings. The first-order valence-corrected chi connectivity index (χ1v) is 5.88. The number of aliphatic carboxylic acids is 1. The van der Waals surface area contributed by atoms with Gasteiger partial charge in [0.2, 0.25) is 0 Å². The number of rotatable bonds is 4. The monoisotopic (exact) mass is 272 g/mol. The molecule has 0 aliphatic carbocycles. The molecule has 2 N–H and O–H groups in total. The molecule has 0 aromatic heterocycles. The molecule has 0 spiro atoms. The molecule has 0 atom stereocenters. The second-order valence-corrected chi connectivity index (χ2v) is 4.08. The number of carbonyl (C=O) groups is 2. The molecule has 0 bridgehead atoms. The van der Waals surface area contributed by atoms with E-state index in [-0.39, 0.29) is 23.5 Å². The fraction of sp³-hybridized carbons (Fsp3) is 0.0667. The van der Waals surface area contributed by atoms with E-state index in [1.54, 1.807) is 30.3 Å². The van der Waals surface area contributed by atoms with Crippen LogP contribution in [-0.4, -0.2) is 22.2 Å². The van der Waals surface area contributed by atoms with Crippen molar-refractivity contribution in [2.75, 3.05) is 0 Å². The SMILES string of the molecule is O=C(O)Cc1ccccc1OC(=O)c1ccccc1O. The van der Waals surface area contributed by atoms with Crippen LogP contribution >= 0.6 is 0 Å². The van der Waals surface area contributed by atoms with Gasteiger partial charge in [-0.05, 0) is 18.2 Å². The van der Waals surface area contributed by atoms with E-state index < -0.39 is 11.9 Å². The standard InChI is InChI=1S/C15H12O5/c16-12-7-3-2-6-11(12)15(19)20-13-8-4-1-5-10(13)9-14(17)18/h1-8,16H,9H2,(H,17,18). The quantitative estimate of drug-likeness (QED) is 0.658. The van der Waals surface area contributed by atoms with Crippen LogP contribution in [-0.2, 0) is 11.2 Å². The van der Waals surface area contributed by atoms with E-state index in [0.717, 1.165) is 0 Å². The average molecular weight is 272 g/mol. The van der Waals surface area contributed by atoms with Crippen LogP contribution in [0.4, 0.5) is 0 Å². The largest absolute Gasteiger partial charge is 0.507 e. The van der Waals surface area contributed by atoms with Crippen LogP contribution in [0.1, 0.15) is 15.9 Å². The molecule has 0 unspecified atom stereocenters. The number of hydrogen-bond donors (Lipinski definition) is 2. The van der Waals surface area contributed by atoms with Crippen LogP contribution in [0, 0.1) is 0 Å². The zero-order valence-corrected chi connectivity index (χ0v) is 10.4. The summed E-state index contributed by atoms with van der Waals surface area (Å²) in [5.74, 6) is -1.77. The molecule has 20 heavy (non-hydrogen) atoms. The number of hydrogen-bond acceptors (Lipinski definition) is 4. The van der Waals surface area contributed by atoms with Crippen LogP contribution < -0.4 is 4.74 Å². The summed E-state index contributed by atoms with van der Waals surface area (Å²) in [5, 5.41) is 18.4. The molecule has 5 nitrogen and oxygen atoms in total. The number of phenols is 1. The van der Waals surface area contributed by atoms with Crippen molar-refractivity contribution in [1.29, 1.82) is 0 Å². The fourth-order valence-corrected chi connectivity index (χ4v) is 1.71. The molecule has 0 radical (unpaired) electrons. The molecule has 5 heteroatoms. The summed E-state index contributed by atoms with van der Waals surface area (Å²) < 4.78 is 5.15. The highest BCUT2D eigenvalue weighted by molar-refractivity contribution is 5.94. The first-order chi connectivity index (χ1) is 9.58. The summed E-state index contributed by atoms with van der Waals surface area (Å²) in [6.45, 7) is 0. The van der Waals surface area contributed by atoms with Crippen molar-refractivity contribution in [3.8, 4) is 11.5 Å². The average Bonchev–Trinajstić information content (AvgIpc) is 2.41. The van der Waals surface area contributed by atoms with Crippen LogP contribution in [0.25, 0.3) is 0 Å². The summed E-state index contributed by atoms with van der Waals surface area (Å²) in [6.07, 6.45) is -0.246. The number of carboxylic acids is 1. The zero-order chi connectivity index (χ0) is 14.5. The molecule has 2 aromatic carbocycles. The number of ether oxygens (including phenoxy) is 1. The molecular weight excluding hydrogens is 260 g/mol. The van der Waals surface area contributed by atoms with E-state index >= 15 is 0 Å². The maximum absolute atomic E-state index is 11.9. The van der Waals surface area contributed by atoms with Crippen molar-refractivity contribution >= 4 is 11.9 Å². The number of esters is 1. The van der Waals surface area contributed by atoms with Gasteiger partial charge >= 0.3 is 11.9 Å². The molecule has 2 rings (SSSR count).